The Balaban J connectivity index is 1.42. The van der Waals surface area contributed by atoms with Gasteiger partial charge in [-0.3, -0.25) is 9.59 Å². The highest BCUT2D eigenvalue weighted by molar-refractivity contribution is 5.94. The Hall–Kier alpha value is -2.89. The molecule has 2 aromatic carbocycles. The van der Waals surface area contributed by atoms with Crippen molar-refractivity contribution in [2.75, 3.05) is 13.1 Å². The third kappa shape index (κ3) is 3.96. The summed E-state index contributed by atoms with van der Waals surface area (Å²) in [6, 6.07) is 11.9. The Morgan fingerprint density at radius 3 is 2.68 bits per heavy atom. The minimum absolute atomic E-state index is 0.216. The molecule has 6 heteroatoms. The lowest BCUT2D eigenvalue weighted by Crippen LogP contribution is -2.41. The molecule has 0 spiro atoms. The second kappa shape index (κ2) is 7.34. The molecule has 0 unspecified atom stereocenters. The average Bonchev–Trinajstić information content (AvgIpc) is 3.05. The van der Waals surface area contributed by atoms with Crippen molar-refractivity contribution >= 4 is 11.8 Å². The number of hydrogen-bond acceptors (Lipinski definition) is 3. The Labute approximate surface area is 145 Å². The standard InChI is InChI=1S/C19H19FN2O3/c1-12-6-7-14(10-15(12)20)18(23)21-8-9-22-19(24)17-11-13-4-2-3-5-16(13)25-17/h2-7,10,17H,8-9,11H2,1H3,(H,21,23)(H,22,24)/t17-/m0/s1. The highest BCUT2D eigenvalue weighted by Crippen LogP contribution is 2.27. The predicted octanol–water partition coefficient (Wildman–Crippen LogP) is 1.98. The number of carbonyl (C=O) groups is 2. The average molecular weight is 342 g/mol. The van der Waals surface area contributed by atoms with Crippen LogP contribution in [0.4, 0.5) is 4.39 Å². The molecular weight excluding hydrogens is 323 g/mol. The van der Waals surface area contributed by atoms with Gasteiger partial charge in [-0.05, 0) is 36.2 Å². The van der Waals surface area contributed by atoms with Crippen LogP contribution < -0.4 is 15.4 Å². The summed E-state index contributed by atoms with van der Waals surface area (Å²) in [5.74, 6) is -0.277. The molecular formula is C19H19FN2O3. The predicted molar refractivity (Wildman–Crippen MR) is 91.0 cm³/mol. The van der Waals surface area contributed by atoms with E-state index in [2.05, 4.69) is 10.6 Å². The van der Waals surface area contributed by atoms with Crippen LogP contribution in [0.1, 0.15) is 21.5 Å². The molecule has 2 aromatic rings. The minimum atomic E-state index is -0.542. The molecule has 3 rings (SSSR count). The van der Waals surface area contributed by atoms with Gasteiger partial charge in [-0.25, -0.2) is 4.39 Å². The summed E-state index contributed by atoms with van der Waals surface area (Å²) in [7, 11) is 0. The van der Waals surface area contributed by atoms with Gasteiger partial charge in [-0.1, -0.05) is 24.3 Å². The van der Waals surface area contributed by atoms with Crippen molar-refractivity contribution in [2.24, 2.45) is 0 Å². The van der Waals surface area contributed by atoms with Gasteiger partial charge < -0.3 is 15.4 Å². The van der Waals surface area contributed by atoms with Crippen LogP contribution in [-0.4, -0.2) is 31.0 Å². The van der Waals surface area contributed by atoms with E-state index in [-0.39, 0.29) is 30.5 Å². The first kappa shape index (κ1) is 17.0. The van der Waals surface area contributed by atoms with E-state index in [1.807, 2.05) is 24.3 Å². The van der Waals surface area contributed by atoms with Crippen LogP contribution >= 0.6 is 0 Å². The molecule has 25 heavy (non-hydrogen) atoms. The molecule has 1 aliphatic heterocycles. The highest BCUT2D eigenvalue weighted by Gasteiger charge is 2.28. The molecule has 1 atom stereocenters. The number of benzene rings is 2. The van der Waals surface area contributed by atoms with E-state index < -0.39 is 11.9 Å². The van der Waals surface area contributed by atoms with E-state index in [0.717, 1.165) is 11.3 Å². The first-order chi connectivity index (χ1) is 12.0. The normalized spacial score (nSPS) is 15.2. The van der Waals surface area contributed by atoms with Gasteiger partial charge in [0.15, 0.2) is 6.10 Å². The van der Waals surface area contributed by atoms with Gasteiger partial charge in [0, 0.05) is 25.1 Å². The van der Waals surface area contributed by atoms with Crippen molar-refractivity contribution in [3.63, 3.8) is 0 Å². The molecule has 0 aliphatic carbocycles. The number of nitrogens with one attached hydrogen (secondary N) is 2. The van der Waals surface area contributed by atoms with Gasteiger partial charge in [0.05, 0.1) is 0 Å². The molecule has 0 saturated heterocycles. The number of hydrogen-bond donors (Lipinski definition) is 2. The number of halogens is 1. The lowest BCUT2D eigenvalue weighted by atomic mass is 10.1. The Kier molecular flexibility index (Phi) is 4.97. The molecule has 0 saturated carbocycles. The van der Waals surface area contributed by atoms with Crippen molar-refractivity contribution in [3.8, 4) is 5.75 Å². The zero-order chi connectivity index (χ0) is 17.8. The monoisotopic (exact) mass is 342 g/mol. The van der Waals surface area contributed by atoms with Crippen LogP contribution in [0.15, 0.2) is 42.5 Å². The molecule has 5 nitrogen and oxygen atoms in total. The zero-order valence-electron chi connectivity index (χ0n) is 13.8. The van der Waals surface area contributed by atoms with Crippen LogP contribution in [0.25, 0.3) is 0 Å². The van der Waals surface area contributed by atoms with Gasteiger partial charge in [-0.15, -0.1) is 0 Å². The summed E-state index contributed by atoms with van der Waals surface area (Å²) in [6.07, 6.45) is -0.00362. The first-order valence-electron chi connectivity index (χ1n) is 8.11. The van der Waals surface area contributed by atoms with Gasteiger partial charge in [0.2, 0.25) is 0 Å². The van der Waals surface area contributed by atoms with E-state index in [1.165, 1.54) is 6.07 Å². The number of fused-ring (bicyclic) bond motifs is 1. The minimum Gasteiger partial charge on any atom is -0.480 e. The van der Waals surface area contributed by atoms with Crippen molar-refractivity contribution in [2.45, 2.75) is 19.4 Å². The second-order valence-electron chi connectivity index (χ2n) is 5.93. The Morgan fingerprint density at radius 1 is 1.16 bits per heavy atom. The van der Waals surface area contributed by atoms with Gasteiger partial charge in [-0.2, -0.15) is 0 Å². The molecule has 0 bridgehead atoms. The molecule has 130 valence electrons. The lowest BCUT2D eigenvalue weighted by molar-refractivity contribution is -0.127. The smallest absolute Gasteiger partial charge is 0.261 e. The van der Waals surface area contributed by atoms with Crippen LogP contribution in [0, 0.1) is 12.7 Å². The van der Waals surface area contributed by atoms with E-state index in [9.17, 15) is 14.0 Å². The molecule has 1 aliphatic rings. The molecule has 1 heterocycles. The fraction of sp³-hybridized carbons (Fsp3) is 0.263. The number of para-hydroxylation sites is 1. The lowest BCUT2D eigenvalue weighted by Gasteiger charge is -2.12. The van der Waals surface area contributed by atoms with Crippen LogP contribution in [0.3, 0.4) is 0 Å². The summed E-state index contributed by atoms with van der Waals surface area (Å²) < 4.78 is 19.1. The molecule has 0 fully saturated rings. The van der Waals surface area contributed by atoms with E-state index in [1.54, 1.807) is 19.1 Å². The maximum absolute atomic E-state index is 13.5. The summed E-state index contributed by atoms with van der Waals surface area (Å²) in [6.45, 7) is 2.16. The van der Waals surface area contributed by atoms with Crippen LogP contribution in [0.2, 0.25) is 0 Å². The molecule has 2 N–H and O–H groups in total. The largest absolute Gasteiger partial charge is 0.480 e. The molecule has 0 radical (unpaired) electrons. The van der Waals surface area contributed by atoms with Crippen molar-refractivity contribution in [1.82, 2.24) is 10.6 Å². The third-order valence-corrected chi connectivity index (χ3v) is 4.08. The van der Waals surface area contributed by atoms with Crippen molar-refractivity contribution in [3.05, 3.63) is 65.0 Å². The maximum Gasteiger partial charge on any atom is 0.261 e. The number of aryl methyl sites for hydroxylation is 1. The molecule has 2 amide bonds. The number of ether oxygens (including phenoxy) is 1. The number of carbonyl (C=O) groups excluding carboxylic acids is 2. The van der Waals surface area contributed by atoms with Gasteiger partial charge in [0.1, 0.15) is 11.6 Å². The number of rotatable bonds is 5. The topological polar surface area (TPSA) is 67.4 Å². The quantitative estimate of drug-likeness (QED) is 0.817. The van der Waals surface area contributed by atoms with Crippen LogP contribution in [-0.2, 0) is 11.2 Å². The van der Waals surface area contributed by atoms with E-state index in [0.29, 0.717) is 12.0 Å². The van der Waals surface area contributed by atoms with E-state index in [4.69, 9.17) is 4.74 Å². The summed E-state index contributed by atoms with van der Waals surface area (Å²) in [5.41, 5.74) is 1.75. The van der Waals surface area contributed by atoms with Crippen LogP contribution in [0.5, 0.6) is 5.75 Å². The fourth-order valence-corrected chi connectivity index (χ4v) is 2.64. The summed E-state index contributed by atoms with van der Waals surface area (Å²) >= 11 is 0. The van der Waals surface area contributed by atoms with Gasteiger partial charge in [0.25, 0.3) is 11.8 Å². The Bertz CT molecular complexity index is 782. The molecule has 0 aromatic heterocycles. The summed E-state index contributed by atoms with van der Waals surface area (Å²) in [5, 5.41) is 5.38. The highest BCUT2D eigenvalue weighted by atomic mass is 19.1. The fourth-order valence-electron chi connectivity index (χ4n) is 2.64. The Morgan fingerprint density at radius 2 is 1.92 bits per heavy atom. The second-order valence-corrected chi connectivity index (χ2v) is 5.93. The maximum atomic E-state index is 13.5. The van der Waals surface area contributed by atoms with E-state index >= 15 is 0 Å². The zero-order valence-corrected chi connectivity index (χ0v) is 13.8. The number of amides is 2. The summed E-state index contributed by atoms with van der Waals surface area (Å²) in [4.78, 5) is 24.1. The third-order valence-electron chi connectivity index (χ3n) is 4.08. The van der Waals surface area contributed by atoms with Crippen molar-refractivity contribution in [1.29, 1.82) is 0 Å². The van der Waals surface area contributed by atoms with Gasteiger partial charge >= 0.3 is 0 Å². The first-order valence-corrected chi connectivity index (χ1v) is 8.11. The van der Waals surface area contributed by atoms with Crippen molar-refractivity contribution < 1.29 is 18.7 Å². The SMILES string of the molecule is Cc1ccc(C(=O)NCCNC(=O)[C@@H]2Cc3ccccc3O2)cc1F.